The molecule has 0 aliphatic heterocycles. The van der Waals surface area contributed by atoms with E-state index < -0.39 is 5.97 Å². The van der Waals surface area contributed by atoms with Crippen LogP contribution in [0.4, 0.5) is 0 Å². The van der Waals surface area contributed by atoms with Gasteiger partial charge in [0, 0.05) is 0 Å². The second kappa shape index (κ2) is 4.73. The van der Waals surface area contributed by atoms with Gasteiger partial charge in [0.1, 0.15) is 5.56 Å². The molecule has 2 aromatic heterocycles. The average molecular weight is 268 g/mol. The zero-order chi connectivity index (χ0) is 14.1. The van der Waals surface area contributed by atoms with Gasteiger partial charge in [0.2, 0.25) is 0 Å². The molecule has 0 aliphatic rings. The van der Waals surface area contributed by atoms with E-state index in [1.807, 2.05) is 31.2 Å². The maximum Gasteiger partial charge on any atom is 0.339 e. The molecule has 6 nitrogen and oxygen atoms in total. The van der Waals surface area contributed by atoms with Crippen molar-refractivity contribution < 1.29 is 9.90 Å². The second-order valence-electron chi connectivity index (χ2n) is 4.29. The third-order valence-corrected chi connectivity index (χ3v) is 3.09. The van der Waals surface area contributed by atoms with Gasteiger partial charge in [-0.15, -0.1) is 0 Å². The number of carboxylic acid groups (broad SMARTS) is 1. The van der Waals surface area contributed by atoms with Gasteiger partial charge < -0.3 is 5.11 Å². The highest BCUT2D eigenvalue weighted by atomic mass is 16.4. The van der Waals surface area contributed by atoms with E-state index in [9.17, 15) is 4.79 Å². The Morgan fingerprint density at radius 3 is 2.70 bits per heavy atom. The van der Waals surface area contributed by atoms with Gasteiger partial charge in [0.15, 0.2) is 5.82 Å². The van der Waals surface area contributed by atoms with Gasteiger partial charge in [-0.1, -0.05) is 19.1 Å². The molecule has 0 atom stereocenters. The molecular weight excluding hydrogens is 256 g/mol. The lowest BCUT2D eigenvalue weighted by molar-refractivity contribution is 0.0695. The van der Waals surface area contributed by atoms with Crippen LogP contribution in [0, 0.1) is 0 Å². The van der Waals surface area contributed by atoms with Crippen molar-refractivity contribution in [3.63, 3.8) is 0 Å². The summed E-state index contributed by atoms with van der Waals surface area (Å²) in [6.07, 6.45) is 3.49. The Labute approximate surface area is 114 Å². The van der Waals surface area contributed by atoms with Crippen LogP contribution in [0.2, 0.25) is 0 Å². The van der Waals surface area contributed by atoms with E-state index in [4.69, 9.17) is 5.11 Å². The smallest absolute Gasteiger partial charge is 0.339 e. The quantitative estimate of drug-likeness (QED) is 0.786. The normalized spacial score (nSPS) is 10.8. The first-order valence-electron chi connectivity index (χ1n) is 6.23. The van der Waals surface area contributed by atoms with E-state index in [-0.39, 0.29) is 5.56 Å². The third kappa shape index (κ3) is 1.91. The first-order chi connectivity index (χ1) is 9.70. The molecule has 0 aliphatic carbocycles. The van der Waals surface area contributed by atoms with Crippen molar-refractivity contribution in [2.45, 2.75) is 13.3 Å². The number of hydrogen-bond donors (Lipinski definition) is 1. The molecule has 0 saturated carbocycles. The summed E-state index contributed by atoms with van der Waals surface area (Å²) in [5, 5.41) is 13.3. The molecule has 100 valence electrons. The molecule has 0 unspecified atom stereocenters. The third-order valence-electron chi connectivity index (χ3n) is 3.09. The molecule has 2 heterocycles. The minimum Gasteiger partial charge on any atom is -0.478 e. The van der Waals surface area contributed by atoms with Crippen molar-refractivity contribution in [1.29, 1.82) is 0 Å². The Kier molecular flexibility index (Phi) is 2.90. The molecule has 0 radical (unpaired) electrons. The van der Waals surface area contributed by atoms with Crippen molar-refractivity contribution in [2.75, 3.05) is 0 Å². The lowest BCUT2D eigenvalue weighted by Gasteiger charge is -2.06. The number of para-hydroxylation sites is 2. The largest absolute Gasteiger partial charge is 0.478 e. The predicted molar refractivity (Wildman–Crippen MR) is 73.0 cm³/mol. The van der Waals surface area contributed by atoms with Crippen LogP contribution < -0.4 is 0 Å². The Bertz CT molecular complexity index is 795. The summed E-state index contributed by atoms with van der Waals surface area (Å²) < 4.78 is 1.53. The van der Waals surface area contributed by atoms with Gasteiger partial charge in [-0.25, -0.2) is 14.5 Å². The Morgan fingerprint density at radius 1 is 1.25 bits per heavy atom. The van der Waals surface area contributed by atoms with Crippen molar-refractivity contribution in [1.82, 2.24) is 19.7 Å². The van der Waals surface area contributed by atoms with Crippen molar-refractivity contribution in [3.05, 3.63) is 47.9 Å². The monoisotopic (exact) mass is 268 g/mol. The summed E-state index contributed by atoms with van der Waals surface area (Å²) in [4.78, 5) is 19.9. The van der Waals surface area contributed by atoms with Crippen LogP contribution in [0.15, 0.2) is 36.7 Å². The maximum atomic E-state index is 11.1. The highest BCUT2D eigenvalue weighted by Crippen LogP contribution is 2.16. The van der Waals surface area contributed by atoms with Gasteiger partial charge in [-0.05, 0) is 18.6 Å². The van der Waals surface area contributed by atoms with Gasteiger partial charge in [-0.2, -0.15) is 5.10 Å². The van der Waals surface area contributed by atoms with Crippen LogP contribution in [-0.4, -0.2) is 30.8 Å². The van der Waals surface area contributed by atoms with Crippen LogP contribution in [-0.2, 0) is 6.42 Å². The minimum atomic E-state index is -0.984. The number of fused-ring (bicyclic) bond motifs is 1. The van der Waals surface area contributed by atoms with Crippen LogP contribution in [0.1, 0.15) is 23.0 Å². The summed E-state index contributed by atoms with van der Waals surface area (Å²) in [6, 6.07) is 7.51. The number of hydrogen-bond acceptors (Lipinski definition) is 4. The molecule has 0 spiro atoms. The fourth-order valence-corrected chi connectivity index (χ4v) is 2.14. The van der Waals surface area contributed by atoms with Crippen molar-refractivity contribution in [2.24, 2.45) is 0 Å². The molecule has 20 heavy (non-hydrogen) atoms. The van der Waals surface area contributed by atoms with Gasteiger partial charge in [0.05, 0.1) is 29.1 Å². The van der Waals surface area contributed by atoms with E-state index in [1.165, 1.54) is 10.9 Å². The molecule has 0 saturated heterocycles. The topological polar surface area (TPSA) is 80.9 Å². The van der Waals surface area contributed by atoms with Crippen molar-refractivity contribution in [3.8, 4) is 5.82 Å². The van der Waals surface area contributed by atoms with E-state index in [0.29, 0.717) is 17.9 Å². The Hall–Kier alpha value is -2.76. The fourth-order valence-electron chi connectivity index (χ4n) is 2.14. The predicted octanol–water partition coefficient (Wildman–Crippen LogP) is 2.08. The van der Waals surface area contributed by atoms with Crippen molar-refractivity contribution >= 4 is 17.0 Å². The first kappa shape index (κ1) is 12.3. The zero-order valence-corrected chi connectivity index (χ0v) is 10.8. The number of aromatic carboxylic acids is 1. The number of benzene rings is 1. The summed E-state index contributed by atoms with van der Waals surface area (Å²) in [5.74, 6) is -0.463. The maximum absolute atomic E-state index is 11.1. The number of aromatic nitrogens is 4. The standard InChI is InChI=1S/C14H12N4O2/c1-2-12-9(14(19)20)7-16-18(12)13-8-15-10-5-3-4-6-11(10)17-13/h3-8H,2H2,1H3,(H,19,20). The molecule has 0 fully saturated rings. The van der Waals surface area contributed by atoms with Crippen LogP contribution in [0.5, 0.6) is 0 Å². The van der Waals surface area contributed by atoms with E-state index in [0.717, 1.165) is 11.0 Å². The number of nitrogens with zero attached hydrogens (tertiary/aromatic N) is 4. The lowest BCUT2D eigenvalue weighted by Crippen LogP contribution is -2.07. The summed E-state index contributed by atoms with van der Waals surface area (Å²) in [6.45, 7) is 1.88. The molecule has 6 heteroatoms. The average Bonchev–Trinajstić information content (AvgIpc) is 2.90. The van der Waals surface area contributed by atoms with Gasteiger partial charge in [0.25, 0.3) is 0 Å². The van der Waals surface area contributed by atoms with Crippen LogP contribution >= 0.6 is 0 Å². The first-order valence-corrected chi connectivity index (χ1v) is 6.23. The molecule has 3 rings (SSSR count). The second-order valence-corrected chi connectivity index (χ2v) is 4.29. The molecule has 3 aromatic rings. The highest BCUT2D eigenvalue weighted by molar-refractivity contribution is 5.88. The van der Waals surface area contributed by atoms with Gasteiger partial charge >= 0.3 is 5.97 Å². The number of rotatable bonds is 3. The van der Waals surface area contributed by atoms with Crippen LogP contribution in [0.3, 0.4) is 0 Å². The molecule has 0 amide bonds. The highest BCUT2D eigenvalue weighted by Gasteiger charge is 2.17. The molecular formula is C14H12N4O2. The fraction of sp³-hybridized carbons (Fsp3) is 0.143. The summed E-state index contributed by atoms with van der Waals surface area (Å²) >= 11 is 0. The van der Waals surface area contributed by atoms with E-state index >= 15 is 0 Å². The lowest BCUT2D eigenvalue weighted by atomic mass is 10.2. The van der Waals surface area contributed by atoms with Crippen LogP contribution in [0.25, 0.3) is 16.9 Å². The minimum absolute atomic E-state index is 0.197. The number of carbonyl (C=O) groups is 1. The van der Waals surface area contributed by atoms with E-state index in [2.05, 4.69) is 15.1 Å². The van der Waals surface area contributed by atoms with E-state index in [1.54, 1.807) is 6.20 Å². The molecule has 1 N–H and O–H groups in total. The summed E-state index contributed by atoms with van der Waals surface area (Å²) in [7, 11) is 0. The van der Waals surface area contributed by atoms with Gasteiger partial charge in [-0.3, -0.25) is 4.98 Å². The number of carboxylic acids is 1. The molecule has 1 aromatic carbocycles. The zero-order valence-electron chi connectivity index (χ0n) is 10.8. The molecule has 0 bridgehead atoms. The SMILES string of the molecule is CCc1c(C(=O)O)cnn1-c1cnc2ccccc2n1. The Balaban J connectivity index is 2.18. The summed E-state index contributed by atoms with van der Waals surface area (Å²) in [5.41, 5.74) is 2.35. The Morgan fingerprint density at radius 2 is 2.00 bits per heavy atom.